The largest absolute Gasteiger partial charge is 0.370 e. The molecule has 2 nitrogen and oxygen atoms in total. The van der Waals surface area contributed by atoms with Gasteiger partial charge in [-0.05, 0) is 47.2 Å². The molecule has 0 radical (unpaired) electrons. The van der Waals surface area contributed by atoms with Crippen LogP contribution in [-0.2, 0) is 0 Å². The number of anilines is 1. The van der Waals surface area contributed by atoms with Crippen molar-refractivity contribution in [2.45, 2.75) is 26.2 Å². The number of halogens is 1. The quantitative estimate of drug-likeness (QED) is 0.813. The molecule has 0 aromatic carbocycles. The van der Waals surface area contributed by atoms with Crippen LogP contribution in [0.15, 0.2) is 22.9 Å². The summed E-state index contributed by atoms with van der Waals surface area (Å²) in [5, 5.41) is 0. The van der Waals surface area contributed by atoms with Gasteiger partial charge in [-0.3, -0.25) is 4.98 Å². The Kier molecular flexibility index (Phi) is 3.62. The molecule has 0 amide bonds. The average molecular weight is 269 g/mol. The molecule has 3 heteroatoms. The number of pyridine rings is 1. The first-order valence-corrected chi connectivity index (χ1v) is 6.44. The summed E-state index contributed by atoms with van der Waals surface area (Å²) in [5.41, 5.74) is 1.25. The van der Waals surface area contributed by atoms with Crippen molar-refractivity contribution >= 4 is 21.6 Å². The van der Waals surface area contributed by atoms with Crippen LogP contribution in [0.25, 0.3) is 0 Å². The van der Waals surface area contributed by atoms with Crippen molar-refractivity contribution in [2.75, 3.05) is 18.0 Å². The van der Waals surface area contributed by atoms with Crippen molar-refractivity contribution in [1.82, 2.24) is 4.98 Å². The maximum absolute atomic E-state index is 4.23. The van der Waals surface area contributed by atoms with Crippen LogP contribution in [-0.4, -0.2) is 18.1 Å². The van der Waals surface area contributed by atoms with E-state index in [0.717, 1.165) is 16.9 Å². The van der Waals surface area contributed by atoms with Crippen LogP contribution in [0.2, 0.25) is 0 Å². The monoisotopic (exact) mass is 268 g/mol. The average Bonchev–Trinajstić information content (AvgIpc) is 3.01. The van der Waals surface area contributed by atoms with Crippen LogP contribution in [0.4, 0.5) is 5.69 Å². The van der Waals surface area contributed by atoms with E-state index in [1.807, 2.05) is 12.4 Å². The Bertz CT molecular complexity index is 323. The second-order valence-electron chi connectivity index (χ2n) is 4.25. The van der Waals surface area contributed by atoms with Crippen molar-refractivity contribution in [2.24, 2.45) is 5.92 Å². The Labute approximate surface area is 99.8 Å². The van der Waals surface area contributed by atoms with Gasteiger partial charge in [0.15, 0.2) is 0 Å². The Morgan fingerprint density at radius 3 is 2.87 bits per heavy atom. The second kappa shape index (κ2) is 4.97. The fourth-order valence-electron chi connectivity index (χ4n) is 1.78. The van der Waals surface area contributed by atoms with Gasteiger partial charge in [-0.15, -0.1) is 0 Å². The van der Waals surface area contributed by atoms with E-state index in [0.29, 0.717) is 0 Å². The highest BCUT2D eigenvalue weighted by Gasteiger charge is 2.24. The van der Waals surface area contributed by atoms with Gasteiger partial charge in [-0.25, -0.2) is 0 Å². The molecule has 82 valence electrons. The Balaban J connectivity index is 2.07. The maximum atomic E-state index is 4.23. The summed E-state index contributed by atoms with van der Waals surface area (Å²) in [5.74, 6) is 0.926. The smallest absolute Gasteiger partial charge is 0.0564 e. The summed E-state index contributed by atoms with van der Waals surface area (Å²) in [6, 6.07) is 2.16. The van der Waals surface area contributed by atoms with Crippen molar-refractivity contribution in [1.29, 1.82) is 0 Å². The first-order valence-electron chi connectivity index (χ1n) is 5.65. The molecule has 0 aliphatic heterocycles. The van der Waals surface area contributed by atoms with Gasteiger partial charge >= 0.3 is 0 Å². The van der Waals surface area contributed by atoms with E-state index >= 15 is 0 Å². The summed E-state index contributed by atoms with van der Waals surface area (Å²) in [7, 11) is 0. The Morgan fingerprint density at radius 1 is 1.47 bits per heavy atom. The zero-order chi connectivity index (χ0) is 10.7. The zero-order valence-electron chi connectivity index (χ0n) is 9.12. The van der Waals surface area contributed by atoms with Gasteiger partial charge in [0.2, 0.25) is 0 Å². The second-order valence-corrected chi connectivity index (χ2v) is 5.17. The van der Waals surface area contributed by atoms with Crippen LogP contribution in [0.1, 0.15) is 26.2 Å². The third-order valence-electron chi connectivity index (χ3n) is 2.72. The SMILES string of the molecule is CCCN(CC1CC1)c1cncc(Br)c1. The fraction of sp³-hybridized carbons (Fsp3) is 0.583. The lowest BCUT2D eigenvalue weighted by Gasteiger charge is -2.24. The summed E-state index contributed by atoms with van der Waals surface area (Å²) < 4.78 is 1.07. The molecule has 1 aliphatic carbocycles. The minimum absolute atomic E-state index is 0.926. The lowest BCUT2D eigenvalue weighted by Crippen LogP contribution is -2.26. The molecule has 0 unspecified atom stereocenters. The van der Waals surface area contributed by atoms with Crippen LogP contribution >= 0.6 is 15.9 Å². The van der Waals surface area contributed by atoms with E-state index in [-0.39, 0.29) is 0 Å². The van der Waals surface area contributed by atoms with Gasteiger partial charge in [0.25, 0.3) is 0 Å². The van der Waals surface area contributed by atoms with E-state index in [1.165, 1.54) is 31.5 Å². The van der Waals surface area contributed by atoms with E-state index < -0.39 is 0 Å². The van der Waals surface area contributed by atoms with Crippen molar-refractivity contribution < 1.29 is 0 Å². The highest BCUT2D eigenvalue weighted by atomic mass is 79.9. The topological polar surface area (TPSA) is 16.1 Å². The molecule has 1 saturated carbocycles. The number of hydrogen-bond donors (Lipinski definition) is 0. The van der Waals surface area contributed by atoms with E-state index in [9.17, 15) is 0 Å². The molecule has 0 spiro atoms. The number of aromatic nitrogens is 1. The molecule has 15 heavy (non-hydrogen) atoms. The molecule has 1 aromatic rings. The predicted molar refractivity (Wildman–Crippen MR) is 67.2 cm³/mol. The third kappa shape index (κ3) is 3.20. The van der Waals surface area contributed by atoms with Crippen molar-refractivity contribution in [3.8, 4) is 0 Å². The molecule has 1 heterocycles. The highest BCUT2D eigenvalue weighted by molar-refractivity contribution is 9.10. The van der Waals surface area contributed by atoms with Crippen molar-refractivity contribution in [3.05, 3.63) is 22.9 Å². The molecule has 2 rings (SSSR count). The van der Waals surface area contributed by atoms with Crippen molar-refractivity contribution in [3.63, 3.8) is 0 Å². The first kappa shape index (κ1) is 10.9. The molecule has 0 N–H and O–H groups in total. The van der Waals surface area contributed by atoms with E-state index in [2.05, 4.69) is 38.8 Å². The highest BCUT2D eigenvalue weighted by Crippen LogP contribution is 2.31. The number of rotatable bonds is 5. The predicted octanol–water partition coefficient (Wildman–Crippen LogP) is 3.47. The summed E-state index contributed by atoms with van der Waals surface area (Å²) >= 11 is 3.47. The Morgan fingerprint density at radius 2 is 2.27 bits per heavy atom. The minimum atomic E-state index is 0.926. The van der Waals surface area contributed by atoms with Gasteiger partial charge in [0, 0.05) is 23.8 Å². The Hall–Kier alpha value is -0.570. The minimum Gasteiger partial charge on any atom is -0.370 e. The van der Waals surface area contributed by atoms with Crippen LogP contribution in [0.3, 0.4) is 0 Å². The molecule has 0 saturated heterocycles. The van der Waals surface area contributed by atoms with Gasteiger partial charge in [-0.1, -0.05) is 6.92 Å². The van der Waals surface area contributed by atoms with Gasteiger partial charge in [-0.2, -0.15) is 0 Å². The van der Waals surface area contributed by atoms with Gasteiger partial charge in [0.05, 0.1) is 11.9 Å². The molecular formula is C12H17BrN2. The van der Waals surface area contributed by atoms with Gasteiger partial charge < -0.3 is 4.90 Å². The summed E-state index contributed by atoms with van der Waals surface area (Å²) in [6.07, 6.45) is 7.80. The summed E-state index contributed by atoms with van der Waals surface area (Å²) in [6.45, 7) is 4.56. The molecule has 0 bridgehead atoms. The molecule has 0 atom stereocenters. The number of hydrogen-bond acceptors (Lipinski definition) is 2. The third-order valence-corrected chi connectivity index (χ3v) is 3.16. The molecule has 1 aliphatic rings. The first-order chi connectivity index (χ1) is 7.29. The summed E-state index contributed by atoms with van der Waals surface area (Å²) in [4.78, 5) is 6.68. The zero-order valence-corrected chi connectivity index (χ0v) is 10.7. The lowest BCUT2D eigenvalue weighted by molar-refractivity contribution is 0.706. The van der Waals surface area contributed by atoms with Crippen LogP contribution in [0, 0.1) is 5.92 Å². The number of nitrogens with zero attached hydrogens (tertiary/aromatic N) is 2. The molecular weight excluding hydrogens is 252 g/mol. The van der Waals surface area contributed by atoms with Crippen LogP contribution in [0.5, 0.6) is 0 Å². The van der Waals surface area contributed by atoms with Crippen LogP contribution < -0.4 is 4.90 Å². The van der Waals surface area contributed by atoms with E-state index in [1.54, 1.807) is 0 Å². The maximum Gasteiger partial charge on any atom is 0.0564 e. The molecule has 1 fully saturated rings. The lowest BCUT2D eigenvalue weighted by atomic mass is 10.3. The standard InChI is InChI=1S/C12H17BrN2/c1-2-5-15(9-10-3-4-10)12-6-11(13)7-14-8-12/h6-8,10H,2-5,9H2,1H3. The molecule has 1 aromatic heterocycles. The normalized spacial score (nSPS) is 15.3. The van der Waals surface area contributed by atoms with E-state index in [4.69, 9.17) is 0 Å². The van der Waals surface area contributed by atoms with Gasteiger partial charge in [0.1, 0.15) is 0 Å². The fourth-order valence-corrected chi connectivity index (χ4v) is 2.13.